The summed E-state index contributed by atoms with van der Waals surface area (Å²) in [6.07, 6.45) is 19.8. The minimum atomic E-state index is -4.00. The third-order valence-electron chi connectivity index (χ3n) is 5.10. The molecule has 0 aliphatic rings. The molecule has 0 spiro atoms. The number of nitrogens with zero attached hydrogens (tertiary/aromatic N) is 1. The van der Waals surface area contributed by atoms with Crippen LogP contribution in [0.25, 0.3) is 0 Å². The van der Waals surface area contributed by atoms with Gasteiger partial charge in [0.15, 0.2) is 0 Å². The molecule has 0 rings (SSSR count). The molecule has 1 radical (unpaired) electrons. The molecular formula is C21H43NNaO4S. The van der Waals surface area contributed by atoms with Gasteiger partial charge in [-0.25, -0.2) is 0 Å². The van der Waals surface area contributed by atoms with Gasteiger partial charge in [-0.1, -0.05) is 96.8 Å². The molecule has 0 saturated heterocycles. The van der Waals surface area contributed by atoms with Crippen molar-refractivity contribution in [2.45, 2.75) is 110 Å². The van der Waals surface area contributed by atoms with Crippen LogP contribution in [0, 0.1) is 0 Å². The summed E-state index contributed by atoms with van der Waals surface area (Å²) in [4.78, 5) is 13.2. The second-order valence-electron chi connectivity index (χ2n) is 7.80. The molecule has 0 aromatic rings. The van der Waals surface area contributed by atoms with E-state index >= 15 is 0 Å². The summed E-state index contributed by atoms with van der Waals surface area (Å²) in [5, 5.41) is 0. The molecule has 0 heterocycles. The maximum absolute atomic E-state index is 11.8. The Bertz CT molecular complexity index is 457. The van der Waals surface area contributed by atoms with Crippen LogP contribution in [0.2, 0.25) is 0 Å². The second kappa shape index (κ2) is 20.6. The van der Waals surface area contributed by atoms with E-state index < -0.39 is 15.9 Å². The van der Waals surface area contributed by atoms with Gasteiger partial charge in [0, 0.05) is 49.6 Å². The largest absolute Gasteiger partial charge is 0.345 e. The van der Waals surface area contributed by atoms with Crippen molar-refractivity contribution < 1.29 is 17.8 Å². The molecule has 0 aliphatic heterocycles. The summed E-state index contributed by atoms with van der Waals surface area (Å²) in [6, 6.07) is 0. The summed E-state index contributed by atoms with van der Waals surface area (Å²) in [5.41, 5.74) is 0. The van der Waals surface area contributed by atoms with E-state index in [1.54, 1.807) is 7.05 Å². The Kier molecular flexibility index (Phi) is 22.5. The number of carbonyl (C=O) groups excluding carboxylic acids is 1. The third kappa shape index (κ3) is 22.7. The fourth-order valence-electron chi connectivity index (χ4n) is 3.22. The Morgan fingerprint density at radius 1 is 0.750 bits per heavy atom. The van der Waals surface area contributed by atoms with Crippen molar-refractivity contribution in [2.24, 2.45) is 0 Å². The van der Waals surface area contributed by atoms with Gasteiger partial charge in [0.05, 0.1) is 5.75 Å². The predicted octanol–water partition coefficient (Wildman–Crippen LogP) is 5.21. The van der Waals surface area contributed by atoms with Gasteiger partial charge in [-0.2, -0.15) is 8.42 Å². The molecule has 0 fully saturated rings. The van der Waals surface area contributed by atoms with Crippen LogP contribution < -0.4 is 0 Å². The monoisotopic (exact) mass is 428 g/mol. The topological polar surface area (TPSA) is 74.7 Å². The molecule has 0 bridgehead atoms. The van der Waals surface area contributed by atoms with Crippen LogP contribution in [0.1, 0.15) is 110 Å². The molecule has 0 atom stereocenters. The van der Waals surface area contributed by atoms with E-state index in [1.807, 2.05) is 0 Å². The number of rotatable bonds is 19. The number of carbonyl (C=O) groups is 1. The standard InChI is InChI=1S/C21H43NO4S.Na/c1-3-4-5-6-7-8-9-10-11-12-13-14-15-16-17-18-21(23)22(2)19-20-27(24,25)26;/h3-20H2,1-2H3,(H,24,25,26);. The average molecular weight is 429 g/mol. The van der Waals surface area contributed by atoms with Crippen LogP contribution in [0.3, 0.4) is 0 Å². The first-order valence-corrected chi connectivity index (χ1v) is 12.7. The van der Waals surface area contributed by atoms with E-state index in [0.717, 1.165) is 12.8 Å². The molecule has 0 aromatic carbocycles. The van der Waals surface area contributed by atoms with Crippen LogP contribution in [0.4, 0.5) is 0 Å². The Hall–Kier alpha value is 0.380. The van der Waals surface area contributed by atoms with Crippen molar-refractivity contribution in [3.63, 3.8) is 0 Å². The van der Waals surface area contributed by atoms with Gasteiger partial charge < -0.3 is 4.90 Å². The summed E-state index contributed by atoms with van der Waals surface area (Å²) in [6.45, 7) is 2.31. The first-order valence-electron chi connectivity index (χ1n) is 11.1. The minimum absolute atomic E-state index is 0. The minimum Gasteiger partial charge on any atom is -0.345 e. The van der Waals surface area contributed by atoms with Crippen molar-refractivity contribution in [1.82, 2.24) is 4.90 Å². The van der Waals surface area contributed by atoms with Crippen LogP contribution in [-0.2, 0) is 14.9 Å². The predicted molar refractivity (Wildman–Crippen MR) is 119 cm³/mol. The SMILES string of the molecule is CCCCCCCCCCCCCCCCCC(=O)N(C)CCS(=O)(=O)O.[Na]. The summed E-state index contributed by atoms with van der Waals surface area (Å²) < 4.78 is 30.1. The van der Waals surface area contributed by atoms with Crippen LogP contribution in [-0.4, -0.2) is 72.7 Å². The van der Waals surface area contributed by atoms with Gasteiger partial charge in [-0.15, -0.1) is 0 Å². The van der Waals surface area contributed by atoms with Gasteiger partial charge in [0.2, 0.25) is 5.91 Å². The Labute approximate surface area is 196 Å². The molecule has 0 saturated carbocycles. The van der Waals surface area contributed by atoms with E-state index in [9.17, 15) is 13.2 Å². The van der Waals surface area contributed by atoms with Crippen molar-refractivity contribution in [2.75, 3.05) is 19.3 Å². The van der Waals surface area contributed by atoms with Gasteiger partial charge >= 0.3 is 0 Å². The van der Waals surface area contributed by atoms with E-state index in [2.05, 4.69) is 6.92 Å². The van der Waals surface area contributed by atoms with E-state index in [4.69, 9.17) is 4.55 Å². The fourth-order valence-corrected chi connectivity index (χ4v) is 3.72. The molecule has 5 nitrogen and oxygen atoms in total. The molecular weight excluding hydrogens is 385 g/mol. The van der Waals surface area contributed by atoms with Gasteiger partial charge in [-0.3, -0.25) is 9.35 Å². The van der Waals surface area contributed by atoms with Gasteiger partial charge in [-0.05, 0) is 6.42 Å². The van der Waals surface area contributed by atoms with E-state index in [-0.39, 0.29) is 42.0 Å². The van der Waals surface area contributed by atoms with E-state index in [0.29, 0.717) is 6.42 Å². The molecule has 0 aromatic heterocycles. The maximum atomic E-state index is 11.8. The molecule has 163 valence electrons. The Morgan fingerprint density at radius 2 is 1.11 bits per heavy atom. The second-order valence-corrected chi connectivity index (χ2v) is 9.37. The first kappa shape index (κ1) is 30.6. The zero-order chi connectivity index (χ0) is 20.4. The smallest absolute Gasteiger partial charge is 0.266 e. The van der Waals surface area contributed by atoms with Crippen LogP contribution in [0.15, 0.2) is 0 Å². The van der Waals surface area contributed by atoms with Crippen LogP contribution in [0.5, 0.6) is 0 Å². The zero-order valence-electron chi connectivity index (χ0n) is 18.8. The Morgan fingerprint density at radius 3 is 1.46 bits per heavy atom. The number of amides is 1. The Balaban J connectivity index is 0. The van der Waals surface area contributed by atoms with Gasteiger partial charge in [0.1, 0.15) is 0 Å². The number of hydrogen-bond donors (Lipinski definition) is 1. The van der Waals surface area contributed by atoms with Crippen LogP contribution >= 0.6 is 0 Å². The van der Waals surface area contributed by atoms with Gasteiger partial charge in [0.25, 0.3) is 10.1 Å². The molecule has 1 amide bonds. The third-order valence-corrected chi connectivity index (χ3v) is 5.80. The first-order chi connectivity index (χ1) is 12.9. The summed E-state index contributed by atoms with van der Waals surface area (Å²) in [7, 11) is -2.42. The average Bonchev–Trinajstić information content (AvgIpc) is 2.62. The number of unbranched alkanes of at least 4 members (excludes halogenated alkanes) is 14. The molecule has 0 unspecified atom stereocenters. The normalized spacial score (nSPS) is 11.2. The number of hydrogen-bond acceptors (Lipinski definition) is 3. The van der Waals surface area contributed by atoms with Crippen molar-refractivity contribution in [3.05, 3.63) is 0 Å². The molecule has 1 N–H and O–H groups in total. The summed E-state index contributed by atoms with van der Waals surface area (Å²) >= 11 is 0. The molecule has 7 heteroatoms. The van der Waals surface area contributed by atoms with Crippen molar-refractivity contribution in [1.29, 1.82) is 0 Å². The summed E-state index contributed by atoms with van der Waals surface area (Å²) in [5.74, 6) is -0.443. The maximum Gasteiger partial charge on any atom is 0.266 e. The molecule has 0 aliphatic carbocycles. The quantitative estimate of drug-likeness (QED) is 0.174. The van der Waals surface area contributed by atoms with Crippen molar-refractivity contribution in [3.8, 4) is 0 Å². The fraction of sp³-hybridized carbons (Fsp3) is 0.952. The zero-order valence-corrected chi connectivity index (χ0v) is 21.6. The van der Waals surface area contributed by atoms with E-state index in [1.165, 1.54) is 88.4 Å². The molecule has 28 heavy (non-hydrogen) atoms. The van der Waals surface area contributed by atoms with Crippen molar-refractivity contribution >= 4 is 45.6 Å².